The van der Waals surface area contributed by atoms with Gasteiger partial charge >= 0.3 is 0 Å². The Hall–Kier alpha value is -3.10. The summed E-state index contributed by atoms with van der Waals surface area (Å²) in [4.78, 5) is 3.65. The number of hydrogen-bond acceptors (Lipinski definition) is 7. The van der Waals surface area contributed by atoms with Crippen molar-refractivity contribution in [3.05, 3.63) is 65.2 Å². The van der Waals surface area contributed by atoms with Gasteiger partial charge in [-0.1, -0.05) is 61.1 Å². The van der Waals surface area contributed by atoms with Gasteiger partial charge in [0, 0.05) is 15.5 Å². The maximum atomic E-state index is 8.58. The monoisotopic (exact) mass is 520 g/mol. The predicted octanol–water partition coefficient (Wildman–Crippen LogP) is 6.97. The Morgan fingerprint density at radius 2 is 1.39 bits per heavy atom. The Balaban J connectivity index is 1.91. The first-order valence-corrected chi connectivity index (χ1v) is 13.8. The number of fused-ring (bicyclic) bond motifs is 1. The van der Waals surface area contributed by atoms with Crippen molar-refractivity contribution in [3.63, 3.8) is 0 Å². The predicted molar refractivity (Wildman–Crippen MR) is 150 cm³/mol. The molecule has 0 bridgehead atoms. The normalized spacial score (nSPS) is 12.4. The van der Waals surface area contributed by atoms with Crippen molar-refractivity contribution in [3.8, 4) is 11.5 Å². The molecule has 0 radical (unpaired) electrons. The lowest BCUT2D eigenvalue weighted by molar-refractivity contribution is 0.314. The molecule has 3 aromatic carbocycles. The fourth-order valence-electron chi connectivity index (χ4n) is 4.04. The summed E-state index contributed by atoms with van der Waals surface area (Å²) in [5.41, 5.74) is 9.43. The van der Waals surface area contributed by atoms with E-state index in [0.29, 0.717) is 41.5 Å². The molecule has 0 spiro atoms. The summed E-state index contributed by atoms with van der Waals surface area (Å²) in [6.45, 7) is 6.91. The van der Waals surface area contributed by atoms with Crippen LogP contribution in [0.3, 0.4) is 0 Å². The number of hydrogen-bond donors (Lipinski definition) is 4. The Labute approximate surface area is 221 Å². The van der Waals surface area contributed by atoms with Gasteiger partial charge in [0.05, 0.1) is 34.1 Å². The van der Waals surface area contributed by atoms with Crippen molar-refractivity contribution in [2.75, 3.05) is 18.9 Å². The Morgan fingerprint density at radius 3 is 1.94 bits per heavy atom. The van der Waals surface area contributed by atoms with Crippen LogP contribution in [0, 0.1) is 10.8 Å². The third kappa shape index (κ3) is 5.34. The molecule has 1 aliphatic heterocycles. The number of unbranched alkanes of at least 4 members (excludes halogenated alkanes) is 1. The maximum absolute atomic E-state index is 8.58. The zero-order valence-electron chi connectivity index (χ0n) is 20.9. The minimum absolute atomic E-state index is 0.138. The SMILES string of the molecule is CCCCc1ccc(Sc2c(OCC)c3c(c(OCC)c2Sc2ccccc2N)C(=N)NC3=N)cc1. The van der Waals surface area contributed by atoms with Crippen LogP contribution in [-0.4, -0.2) is 24.9 Å². The fraction of sp³-hybridized carbons (Fsp3) is 0.286. The highest BCUT2D eigenvalue weighted by molar-refractivity contribution is 8.02. The molecule has 1 aliphatic rings. The summed E-state index contributed by atoms with van der Waals surface area (Å²) in [7, 11) is 0. The number of aryl methyl sites for hydroxylation is 1. The van der Waals surface area contributed by atoms with Crippen LogP contribution in [-0.2, 0) is 6.42 Å². The van der Waals surface area contributed by atoms with E-state index in [0.717, 1.165) is 26.0 Å². The van der Waals surface area contributed by atoms with Crippen LogP contribution in [0.25, 0.3) is 0 Å². The Bertz CT molecular complexity index is 1280. The Morgan fingerprint density at radius 1 is 0.806 bits per heavy atom. The summed E-state index contributed by atoms with van der Waals surface area (Å²) >= 11 is 3.09. The Kier molecular flexibility index (Phi) is 8.48. The molecular formula is C28H32N4O2S2. The van der Waals surface area contributed by atoms with Crippen LogP contribution in [0.5, 0.6) is 11.5 Å². The van der Waals surface area contributed by atoms with E-state index in [1.807, 2.05) is 38.1 Å². The largest absolute Gasteiger partial charge is 0.492 e. The second kappa shape index (κ2) is 11.8. The van der Waals surface area contributed by atoms with Crippen molar-refractivity contribution < 1.29 is 9.47 Å². The number of rotatable bonds is 11. The van der Waals surface area contributed by atoms with Gasteiger partial charge in [-0.25, -0.2) is 0 Å². The van der Waals surface area contributed by atoms with Crippen molar-refractivity contribution >= 4 is 40.9 Å². The molecule has 188 valence electrons. The van der Waals surface area contributed by atoms with Gasteiger partial charge in [-0.3, -0.25) is 10.8 Å². The maximum Gasteiger partial charge on any atom is 0.146 e. The summed E-state index contributed by atoms with van der Waals surface area (Å²) in [5.74, 6) is 1.45. The van der Waals surface area contributed by atoms with Gasteiger partial charge in [0.1, 0.15) is 23.2 Å². The van der Waals surface area contributed by atoms with E-state index in [2.05, 4.69) is 36.5 Å². The average Bonchev–Trinajstić information content (AvgIpc) is 3.17. The van der Waals surface area contributed by atoms with Gasteiger partial charge in [0.25, 0.3) is 0 Å². The molecule has 0 atom stereocenters. The first-order valence-electron chi connectivity index (χ1n) is 12.2. The lowest BCUT2D eigenvalue weighted by Gasteiger charge is -2.22. The smallest absolute Gasteiger partial charge is 0.146 e. The molecule has 0 saturated carbocycles. The van der Waals surface area contributed by atoms with Crippen molar-refractivity contribution in [1.82, 2.24) is 5.32 Å². The van der Waals surface area contributed by atoms with E-state index >= 15 is 0 Å². The molecule has 5 N–H and O–H groups in total. The minimum atomic E-state index is 0.138. The third-order valence-electron chi connectivity index (χ3n) is 5.74. The molecule has 0 fully saturated rings. The summed E-state index contributed by atoms with van der Waals surface area (Å²) in [6, 6.07) is 16.3. The number of amidine groups is 2. The second-order valence-electron chi connectivity index (χ2n) is 8.30. The fourth-order valence-corrected chi connectivity index (χ4v) is 6.23. The van der Waals surface area contributed by atoms with Crippen LogP contribution in [0.1, 0.15) is 50.3 Å². The first-order chi connectivity index (χ1) is 17.5. The van der Waals surface area contributed by atoms with Crippen LogP contribution in [0.15, 0.2) is 68.1 Å². The van der Waals surface area contributed by atoms with Gasteiger partial charge < -0.3 is 20.5 Å². The number of nitrogen functional groups attached to an aromatic ring is 1. The molecule has 36 heavy (non-hydrogen) atoms. The lowest BCUT2D eigenvalue weighted by atomic mass is 10.1. The van der Waals surface area contributed by atoms with Crippen molar-refractivity contribution in [1.29, 1.82) is 10.8 Å². The summed E-state index contributed by atoms with van der Waals surface area (Å²) < 4.78 is 12.4. The third-order valence-corrected chi connectivity index (χ3v) is 8.16. The molecule has 4 rings (SSSR count). The number of anilines is 1. The molecule has 0 aromatic heterocycles. The van der Waals surface area contributed by atoms with Crippen LogP contribution < -0.4 is 20.5 Å². The number of benzene rings is 3. The molecule has 0 aliphatic carbocycles. The highest BCUT2D eigenvalue weighted by Gasteiger charge is 2.36. The molecular weight excluding hydrogens is 488 g/mol. The van der Waals surface area contributed by atoms with Gasteiger partial charge in [-0.15, -0.1) is 0 Å². The zero-order chi connectivity index (χ0) is 25.7. The van der Waals surface area contributed by atoms with E-state index < -0.39 is 0 Å². The number of para-hydroxylation sites is 1. The van der Waals surface area contributed by atoms with Crippen LogP contribution in [0.2, 0.25) is 0 Å². The molecule has 0 amide bonds. The topological polar surface area (TPSA) is 104 Å². The van der Waals surface area contributed by atoms with Gasteiger partial charge in [-0.2, -0.15) is 0 Å². The lowest BCUT2D eigenvalue weighted by Crippen LogP contribution is -2.20. The molecule has 0 unspecified atom stereocenters. The molecule has 8 heteroatoms. The molecule has 3 aromatic rings. The van der Waals surface area contributed by atoms with Gasteiger partial charge in [-0.05, 0) is 56.5 Å². The minimum Gasteiger partial charge on any atom is -0.492 e. The van der Waals surface area contributed by atoms with Gasteiger partial charge in [0.2, 0.25) is 0 Å². The summed E-state index contributed by atoms with van der Waals surface area (Å²) in [6.07, 6.45) is 3.41. The van der Waals surface area contributed by atoms with Gasteiger partial charge in [0.15, 0.2) is 0 Å². The van der Waals surface area contributed by atoms with Crippen molar-refractivity contribution in [2.45, 2.75) is 59.6 Å². The van der Waals surface area contributed by atoms with Crippen LogP contribution >= 0.6 is 23.5 Å². The highest BCUT2D eigenvalue weighted by Crippen LogP contribution is 2.53. The van der Waals surface area contributed by atoms with E-state index in [1.54, 1.807) is 11.8 Å². The average molecular weight is 521 g/mol. The zero-order valence-corrected chi connectivity index (χ0v) is 22.5. The molecule has 0 saturated heterocycles. The number of ether oxygens (including phenoxy) is 2. The van der Waals surface area contributed by atoms with Crippen molar-refractivity contribution in [2.24, 2.45) is 0 Å². The van der Waals surface area contributed by atoms with E-state index in [1.165, 1.54) is 30.2 Å². The standard InChI is InChI=1S/C28H32N4O2S2/c1-4-7-10-17-13-15-18(16-14-17)35-25-23(33-5-2)21-22(28(31)32-27(21)30)24(34-6-3)26(25)36-20-12-9-8-11-19(20)29/h8-9,11-16H,4-7,10,29H2,1-3H3,(H3,30,31,32). The summed E-state index contributed by atoms with van der Waals surface area (Å²) in [5, 5.41) is 20.0. The molecule has 6 nitrogen and oxygen atoms in total. The van der Waals surface area contributed by atoms with Crippen LogP contribution in [0.4, 0.5) is 5.69 Å². The first kappa shape index (κ1) is 26.0. The van der Waals surface area contributed by atoms with E-state index in [9.17, 15) is 0 Å². The number of nitrogens with two attached hydrogens (primary N) is 1. The number of nitrogens with one attached hydrogen (secondary N) is 3. The van der Waals surface area contributed by atoms with E-state index in [-0.39, 0.29) is 11.7 Å². The highest BCUT2D eigenvalue weighted by atomic mass is 32.2. The second-order valence-corrected chi connectivity index (χ2v) is 10.4. The van der Waals surface area contributed by atoms with E-state index in [4.69, 9.17) is 26.0 Å². The molecule has 1 heterocycles. The quantitative estimate of drug-likeness (QED) is 0.204.